The molecule has 1 fully saturated rings. The molecule has 2 aliphatic rings. The molecule has 1 aromatic carbocycles. The zero-order valence-electron chi connectivity index (χ0n) is 15.1. The lowest BCUT2D eigenvalue weighted by Gasteiger charge is -2.36. The first-order valence-electron chi connectivity index (χ1n) is 9.43. The van der Waals surface area contributed by atoms with Crippen LogP contribution in [0.15, 0.2) is 47.7 Å². The molecule has 1 aromatic heterocycles. The van der Waals surface area contributed by atoms with Crippen LogP contribution in [0.3, 0.4) is 0 Å². The number of aryl methyl sites for hydroxylation is 1. The van der Waals surface area contributed by atoms with Gasteiger partial charge in [-0.2, -0.15) is 0 Å². The van der Waals surface area contributed by atoms with Crippen molar-refractivity contribution >= 4 is 17.3 Å². The Morgan fingerprint density at radius 2 is 1.73 bits per heavy atom. The molecule has 3 heterocycles. The second-order valence-corrected chi connectivity index (χ2v) is 7.00. The molecule has 2 aliphatic heterocycles. The number of benzene rings is 1. The van der Waals surface area contributed by atoms with Crippen LogP contribution >= 0.6 is 0 Å². The Balaban J connectivity index is 1.37. The molecule has 0 amide bonds. The number of para-hydroxylation sites is 1. The molecule has 0 saturated carbocycles. The van der Waals surface area contributed by atoms with E-state index in [4.69, 9.17) is 10.7 Å². The summed E-state index contributed by atoms with van der Waals surface area (Å²) in [5, 5.41) is 0. The van der Waals surface area contributed by atoms with Gasteiger partial charge in [0.2, 0.25) is 5.95 Å². The lowest BCUT2D eigenvalue weighted by atomic mass is 9.93. The largest absolute Gasteiger partial charge is 0.338 e. The van der Waals surface area contributed by atoms with Crippen LogP contribution in [0.25, 0.3) is 0 Å². The molecular weight excluding hydrogens is 324 g/mol. The maximum absolute atomic E-state index is 6.12. The van der Waals surface area contributed by atoms with E-state index in [2.05, 4.69) is 44.0 Å². The minimum atomic E-state index is 0.336. The van der Waals surface area contributed by atoms with Crippen molar-refractivity contribution in [3.63, 3.8) is 0 Å². The number of anilines is 1. The third-order valence-electron chi connectivity index (χ3n) is 5.35. The first-order chi connectivity index (χ1) is 12.8. The molecule has 6 nitrogen and oxygen atoms in total. The van der Waals surface area contributed by atoms with E-state index in [9.17, 15) is 0 Å². The SMILES string of the molecule is NCC(CN1CCN(c2ncccn2)CC1)C1=Nc2ccccc2CC1. The van der Waals surface area contributed by atoms with Gasteiger partial charge in [-0.25, -0.2) is 9.97 Å². The highest BCUT2D eigenvalue weighted by Crippen LogP contribution is 2.27. The molecule has 1 saturated heterocycles. The summed E-state index contributed by atoms with van der Waals surface area (Å²) in [6.45, 7) is 5.58. The molecule has 0 aliphatic carbocycles. The fourth-order valence-corrected chi connectivity index (χ4v) is 3.81. The van der Waals surface area contributed by atoms with Gasteiger partial charge in [0.1, 0.15) is 0 Å². The molecule has 0 spiro atoms. The molecule has 6 heteroatoms. The van der Waals surface area contributed by atoms with Gasteiger partial charge in [-0.15, -0.1) is 0 Å². The maximum atomic E-state index is 6.12. The fraction of sp³-hybridized carbons (Fsp3) is 0.450. The van der Waals surface area contributed by atoms with Gasteiger partial charge in [0.15, 0.2) is 0 Å². The summed E-state index contributed by atoms with van der Waals surface area (Å²) in [6, 6.07) is 10.3. The predicted molar refractivity (Wildman–Crippen MR) is 105 cm³/mol. The molecule has 1 atom stereocenters. The van der Waals surface area contributed by atoms with E-state index in [-0.39, 0.29) is 0 Å². The number of aliphatic imine (C=N–C) groups is 1. The Labute approximate surface area is 154 Å². The summed E-state index contributed by atoms with van der Waals surface area (Å²) < 4.78 is 0. The molecule has 2 N–H and O–H groups in total. The van der Waals surface area contributed by atoms with Gasteiger partial charge < -0.3 is 10.6 Å². The van der Waals surface area contributed by atoms with E-state index in [1.54, 1.807) is 12.4 Å². The highest BCUT2D eigenvalue weighted by Gasteiger charge is 2.25. The number of nitrogens with zero attached hydrogens (tertiary/aromatic N) is 5. The average molecular weight is 350 g/mol. The van der Waals surface area contributed by atoms with E-state index in [0.717, 1.165) is 57.2 Å². The first-order valence-corrected chi connectivity index (χ1v) is 9.43. The molecular formula is C20H26N6. The van der Waals surface area contributed by atoms with Crippen LogP contribution < -0.4 is 10.6 Å². The van der Waals surface area contributed by atoms with Gasteiger partial charge in [-0.1, -0.05) is 18.2 Å². The van der Waals surface area contributed by atoms with Crippen LogP contribution in [0.5, 0.6) is 0 Å². The molecule has 0 bridgehead atoms. The van der Waals surface area contributed by atoms with E-state index >= 15 is 0 Å². The number of hydrogen-bond acceptors (Lipinski definition) is 6. The second kappa shape index (κ2) is 7.93. The van der Waals surface area contributed by atoms with Gasteiger partial charge in [-0.05, 0) is 30.5 Å². The molecule has 4 rings (SSSR count). The van der Waals surface area contributed by atoms with Crippen LogP contribution in [0.4, 0.5) is 11.6 Å². The van der Waals surface area contributed by atoms with E-state index in [0.29, 0.717) is 12.5 Å². The zero-order valence-corrected chi connectivity index (χ0v) is 15.1. The highest BCUT2D eigenvalue weighted by molar-refractivity contribution is 5.91. The number of rotatable bonds is 5. The van der Waals surface area contributed by atoms with Crippen molar-refractivity contribution in [1.29, 1.82) is 0 Å². The standard InChI is InChI=1S/C20H26N6/c21-14-17(19-7-6-16-4-1-2-5-18(16)24-19)15-25-10-12-26(13-11-25)20-22-8-3-9-23-20/h1-5,8-9,17H,6-7,10-15,21H2. The Morgan fingerprint density at radius 1 is 0.962 bits per heavy atom. The minimum absolute atomic E-state index is 0.336. The summed E-state index contributed by atoms with van der Waals surface area (Å²) in [5.74, 6) is 1.17. The van der Waals surface area contributed by atoms with Crippen molar-refractivity contribution in [2.24, 2.45) is 16.6 Å². The number of nitrogens with two attached hydrogens (primary N) is 1. The summed E-state index contributed by atoms with van der Waals surface area (Å²) in [4.78, 5) is 18.4. The molecule has 0 radical (unpaired) electrons. The van der Waals surface area contributed by atoms with Gasteiger partial charge in [0, 0.05) is 63.3 Å². The van der Waals surface area contributed by atoms with Crippen molar-refractivity contribution in [3.8, 4) is 0 Å². The van der Waals surface area contributed by atoms with Crippen LogP contribution in [0.1, 0.15) is 12.0 Å². The average Bonchev–Trinajstić information content (AvgIpc) is 2.73. The Bertz CT molecular complexity index is 752. The van der Waals surface area contributed by atoms with Gasteiger partial charge in [-0.3, -0.25) is 9.89 Å². The monoisotopic (exact) mass is 350 g/mol. The van der Waals surface area contributed by atoms with Crippen molar-refractivity contribution in [2.75, 3.05) is 44.2 Å². The number of piperazine rings is 1. The van der Waals surface area contributed by atoms with Crippen LogP contribution in [0, 0.1) is 5.92 Å². The van der Waals surface area contributed by atoms with Crippen molar-refractivity contribution in [1.82, 2.24) is 14.9 Å². The first kappa shape index (κ1) is 17.1. The van der Waals surface area contributed by atoms with Crippen LogP contribution in [-0.2, 0) is 6.42 Å². The van der Waals surface area contributed by atoms with E-state index in [1.807, 2.05) is 6.07 Å². The van der Waals surface area contributed by atoms with Crippen molar-refractivity contribution in [2.45, 2.75) is 12.8 Å². The third-order valence-corrected chi connectivity index (χ3v) is 5.35. The summed E-state index contributed by atoms with van der Waals surface area (Å²) in [5.41, 5.74) is 9.86. The predicted octanol–water partition coefficient (Wildman–Crippen LogP) is 1.89. The van der Waals surface area contributed by atoms with Gasteiger partial charge >= 0.3 is 0 Å². The number of fused-ring (bicyclic) bond motifs is 1. The van der Waals surface area contributed by atoms with E-state index < -0.39 is 0 Å². The quantitative estimate of drug-likeness (QED) is 0.892. The summed E-state index contributed by atoms with van der Waals surface area (Å²) in [6.07, 6.45) is 5.71. The topological polar surface area (TPSA) is 70.6 Å². The second-order valence-electron chi connectivity index (χ2n) is 7.00. The third kappa shape index (κ3) is 3.76. The molecule has 2 aromatic rings. The molecule has 26 heavy (non-hydrogen) atoms. The lowest BCUT2D eigenvalue weighted by molar-refractivity contribution is 0.239. The smallest absolute Gasteiger partial charge is 0.225 e. The van der Waals surface area contributed by atoms with Gasteiger partial charge in [0.25, 0.3) is 0 Å². The lowest BCUT2D eigenvalue weighted by Crippen LogP contribution is -2.49. The Kier molecular flexibility index (Phi) is 5.22. The van der Waals surface area contributed by atoms with Gasteiger partial charge in [0.05, 0.1) is 5.69 Å². The Hall–Kier alpha value is -2.31. The fourth-order valence-electron chi connectivity index (χ4n) is 3.81. The normalized spacial score (nSPS) is 19.0. The minimum Gasteiger partial charge on any atom is -0.338 e. The number of hydrogen-bond donors (Lipinski definition) is 1. The summed E-state index contributed by atoms with van der Waals surface area (Å²) >= 11 is 0. The molecule has 1 unspecified atom stereocenters. The molecule has 136 valence electrons. The van der Waals surface area contributed by atoms with Crippen LogP contribution in [-0.4, -0.2) is 59.8 Å². The highest BCUT2D eigenvalue weighted by atomic mass is 15.3. The van der Waals surface area contributed by atoms with Crippen LogP contribution in [0.2, 0.25) is 0 Å². The number of aromatic nitrogens is 2. The van der Waals surface area contributed by atoms with E-state index in [1.165, 1.54) is 11.3 Å². The maximum Gasteiger partial charge on any atom is 0.225 e. The zero-order chi connectivity index (χ0) is 17.8. The van der Waals surface area contributed by atoms with Crippen molar-refractivity contribution in [3.05, 3.63) is 48.3 Å². The summed E-state index contributed by atoms with van der Waals surface area (Å²) in [7, 11) is 0. The van der Waals surface area contributed by atoms with Crippen molar-refractivity contribution < 1.29 is 0 Å². The Morgan fingerprint density at radius 3 is 2.50 bits per heavy atom.